The average molecular weight is 350 g/mol. The van der Waals surface area contributed by atoms with E-state index in [1.165, 1.54) is 42.0 Å². The van der Waals surface area contributed by atoms with Crippen molar-refractivity contribution in [1.82, 2.24) is 9.55 Å². The van der Waals surface area contributed by atoms with E-state index in [0.717, 1.165) is 5.69 Å². The van der Waals surface area contributed by atoms with Crippen LogP contribution in [0.5, 0.6) is 0 Å². The topological polar surface area (TPSA) is 17.8 Å². The second-order valence-electron chi connectivity index (χ2n) is 6.52. The predicted molar refractivity (Wildman–Crippen MR) is 111 cm³/mol. The molecule has 6 aromatic rings. The number of rotatable bonds is 1. The molecule has 0 fully saturated rings. The largest absolute Gasteiger partial charge is 0.309 e. The number of para-hydroxylation sites is 1. The lowest BCUT2D eigenvalue weighted by molar-refractivity contribution is 1.16. The minimum absolute atomic E-state index is 1.14. The minimum Gasteiger partial charge on any atom is -0.309 e. The molecule has 0 N–H and O–H groups in total. The van der Waals surface area contributed by atoms with E-state index in [9.17, 15) is 0 Å². The third kappa shape index (κ3) is 1.83. The van der Waals surface area contributed by atoms with E-state index in [-0.39, 0.29) is 0 Å². The summed E-state index contributed by atoms with van der Waals surface area (Å²) in [5.74, 6) is 0. The summed E-state index contributed by atoms with van der Waals surface area (Å²) in [6, 6.07) is 26.2. The maximum absolute atomic E-state index is 4.19. The number of aromatic nitrogens is 2. The maximum Gasteiger partial charge on any atom is 0.0548 e. The molecule has 3 aromatic heterocycles. The molecule has 0 spiro atoms. The van der Waals surface area contributed by atoms with Gasteiger partial charge in [0.2, 0.25) is 0 Å². The van der Waals surface area contributed by atoms with Crippen molar-refractivity contribution >= 4 is 53.3 Å². The summed E-state index contributed by atoms with van der Waals surface area (Å²) in [5.41, 5.74) is 3.62. The van der Waals surface area contributed by atoms with Gasteiger partial charge in [-0.15, -0.1) is 11.3 Å². The van der Waals surface area contributed by atoms with Gasteiger partial charge in [0, 0.05) is 49.0 Å². The number of benzene rings is 3. The van der Waals surface area contributed by atoms with Crippen LogP contribution in [0.3, 0.4) is 0 Å². The van der Waals surface area contributed by atoms with Gasteiger partial charge >= 0.3 is 0 Å². The number of thiophene rings is 1. The molecule has 122 valence electrons. The van der Waals surface area contributed by atoms with E-state index in [1.807, 2.05) is 23.7 Å². The highest BCUT2D eigenvalue weighted by atomic mass is 32.1. The van der Waals surface area contributed by atoms with Gasteiger partial charge in [0.1, 0.15) is 0 Å². The Morgan fingerprint density at radius 3 is 2.27 bits per heavy atom. The van der Waals surface area contributed by atoms with Crippen LogP contribution in [-0.2, 0) is 0 Å². The average Bonchev–Trinajstić information content (AvgIpc) is 3.22. The van der Waals surface area contributed by atoms with Crippen molar-refractivity contribution in [2.24, 2.45) is 0 Å². The Morgan fingerprint density at radius 2 is 1.38 bits per heavy atom. The van der Waals surface area contributed by atoms with Crippen LogP contribution in [0.4, 0.5) is 0 Å². The summed E-state index contributed by atoms with van der Waals surface area (Å²) in [4.78, 5) is 4.19. The van der Waals surface area contributed by atoms with Crippen molar-refractivity contribution in [2.75, 3.05) is 0 Å². The van der Waals surface area contributed by atoms with Gasteiger partial charge in [-0.1, -0.05) is 36.4 Å². The van der Waals surface area contributed by atoms with E-state index in [4.69, 9.17) is 0 Å². The lowest BCUT2D eigenvalue weighted by Gasteiger charge is -2.07. The molecule has 3 aromatic carbocycles. The highest BCUT2D eigenvalue weighted by Crippen LogP contribution is 2.40. The molecule has 0 saturated heterocycles. The first-order chi connectivity index (χ1) is 12.9. The lowest BCUT2D eigenvalue weighted by atomic mass is 10.1. The zero-order valence-electron chi connectivity index (χ0n) is 13.9. The SMILES string of the molecule is c1ccc2c(c1)sc1cc3c4ccccc4n(-c4ccncc4)c3cc12. The molecule has 0 atom stereocenters. The first kappa shape index (κ1) is 14.0. The molecular formula is C23H14N2S. The summed E-state index contributed by atoms with van der Waals surface area (Å²) in [7, 11) is 0. The fourth-order valence-corrected chi connectivity index (χ4v) is 5.09. The number of hydrogen-bond donors (Lipinski definition) is 0. The van der Waals surface area contributed by atoms with E-state index in [0.29, 0.717) is 0 Å². The number of nitrogens with zero attached hydrogens (tertiary/aromatic N) is 2. The Balaban J connectivity index is 1.86. The molecule has 0 saturated carbocycles. The first-order valence-corrected chi connectivity index (χ1v) is 9.47. The summed E-state index contributed by atoms with van der Waals surface area (Å²) in [6.45, 7) is 0. The first-order valence-electron chi connectivity index (χ1n) is 8.65. The summed E-state index contributed by atoms with van der Waals surface area (Å²) in [6.07, 6.45) is 3.71. The van der Waals surface area contributed by atoms with Gasteiger partial charge in [0.15, 0.2) is 0 Å². The molecule has 26 heavy (non-hydrogen) atoms. The third-order valence-electron chi connectivity index (χ3n) is 5.09. The predicted octanol–water partition coefficient (Wildman–Crippen LogP) is 6.55. The fraction of sp³-hybridized carbons (Fsp3) is 0. The van der Waals surface area contributed by atoms with Gasteiger partial charge in [0.05, 0.1) is 11.0 Å². The summed E-state index contributed by atoms with van der Waals surface area (Å²) in [5, 5.41) is 5.26. The van der Waals surface area contributed by atoms with Crippen LogP contribution in [0.25, 0.3) is 47.7 Å². The van der Waals surface area contributed by atoms with Crippen molar-refractivity contribution in [3.05, 3.63) is 85.2 Å². The molecule has 0 aliphatic carbocycles. The smallest absolute Gasteiger partial charge is 0.0548 e. The number of hydrogen-bond acceptors (Lipinski definition) is 2. The van der Waals surface area contributed by atoms with E-state index < -0.39 is 0 Å². The van der Waals surface area contributed by atoms with Gasteiger partial charge < -0.3 is 4.57 Å². The van der Waals surface area contributed by atoms with Crippen LogP contribution < -0.4 is 0 Å². The minimum atomic E-state index is 1.14. The zero-order valence-corrected chi connectivity index (χ0v) is 14.7. The summed E-state index contributed by atoms with van der Waals surface area (Å²) < 4.78 is 5.03. The van der Waals surface area contributed by atoms with Crippen molar-refractivity contribution in [3.63, 3.8) is 0 Å². The van der Waals surface area contributed by atoms with Crippen LogP contribution in [-0.4, -0.2) is 9.55 Å². The monoisotopic (exact) mass is 350 g/mol. The van der Waals surface area contributed by atoms with Gasteiger partial charge in [-0.25, -0.2) is 0 Å². The molecule has 2 nitrogen and oxygen atoms in total. The second-order valence-corrected chi connectivity index (χ2v) is 7.61. The maximum atomic E-state index is 4.19. The molecule has 0 aliphatic heterocycles. The normalized spacial score (nSPS) is 11.8. The molecule has 3 heterocycles. The highest BCUT2D eigenvalue weighted by Gasteiger charge is 2.14. The van der Waals surface area contributed by atoms with Gasteiger partial charge in [0.25, 0.3) is 0 Å². The number of pyridine rings is 1. The Morgan fingerprint density at radius 1 is 0.615 bits per heavy atom. The van der Waals surface area contributed by atoms with Gasteiger partial charge in [-0.3, -0.25) is 4.98 Å². The molecule has 0 aliphatic rings. The highest BCUT2D eigenvalue weighted by molar-refractivity contribution is 7.25. The van der Waals surface area contributed by atoms with Crippen molar-refractivity contribution in [3.8, 4) is 5.69 Å². The van der Waals surface area contributed by atoms with Gasteiger partial charge in [-0.2, -0.15) is 0 Å². The van der Waals surface area contributed by atoms with Gasteiger partial charge in [-0.05, 0) is 36.4 Å². The number of fused-ring (bicyclic) bond motifs is 6. The van der Waals surface area contributed by atoms with Crippen molar-refractivity contribution in [1.29, 1.82) is 0 Å². The molecule has 0 bridgehead atoms. The van der Waals surface area contributed by atoms with Crippen LogP contribution in [0, 0.1) is 0 Å². The molecular weight excluding hydrogens is 336 g/mol. The molecule has 0 unspecified atom stereocenters. The Kier molecular flexibility index (Phi) is 2.79. The summed E-state index contributed by atoms with van der Waals surface area (Å²) >= 11 is 1.87. The van der Waals surface area contributed by atoms with Crippen LogP contribution in [0.2, 0.25) is 0 Å². The molecule has 0 amide bonds. The third-order valence-corrected chi connectivity index (χ3v) is 6.23. The second kappa shape index (κ2) is 5.16. The Hall–Kier alpha value is -3.17. The van der Waals surface area contributed by atoms with Crippen molar-refractivity contribution in [2.45, 2.75) is 0 Å². The Bertz CT molecular complexity index is 1420. The molecule has 3 heteroatoms. The van der Waals surface area contributed by atoms with Crippen LogP contribution in [0.15, 0.2) is 85.2 Å². The lowest BCUT2D eigenvalue weighted by Crippen LogP contribution is -1.93. The van der Waals surface area contributed by atoms with Crippen molar-refractivity contribution < 1.29 is 0 Å². The molecule has 6 rings (SSSR count). The standard InChI is InChI=1S/C23H14N2S/c1-3-7-20-16(5-1)18-14-23-19(17-6-2-4-8-22(17)26-23)13-21(18)25(20)15-9-11-24-12-10-15/h1-14H. The van der Waals surface area contributed by atoms with E-state index in [1.54, 1.807) is 0 Å². The van der Waals surface area contributed by atoms with Crippen LogP contribution >= 0.6 is 11.3 Å². The quantitative estimate of drug-likeness (QED) is 0.329. The molecule has 0 radical (unpaired) electrons. The Labute approximate surface area is 153 Å². The van der Waals surface area contributed by atoms with E-state index in [2.05, 4.69) is 82.3 Å². The van der Waals surface area contributed by atoms with E-state index >= 15 is 0 Å². The fourth-order valence-electron chi connectivity index (χ4n) is 3.96. The zero-order chi connectivity index (χ0) is 17.1. The van der Waals surface area contributed by atoms with Crippen LogP contribution in [0.1, 0.15) is 0 Å².